The van der Waals surface area contributed by atoms with Gasteiger partial charge < -0.3 is 9.47 Å². The molecule has 28 heavy (non-hydrogen) atoms. The average Bonchev–Trinajstić information content (AvgIpc) is 2.90. The normalized spacial score (nSPS) is 19.9. The molecule has 0 aliphatic carbocycles. The maximum atomic E-state index is 12.8. The van der Waals surface area contributed by atoms with Crippen LogP contribution in [0.25, 0.3) is 6.08 Å². The molecule has 0 atom stereocenters. The summed E-state index contributed by atoms with van der Waals surface area (Å²) in [4.78, 5) is 17.2. The van der Waals surface area contributed by atoms with Gasteiger partial charge in [-0.1, -0.05) is 24.0 Å². The van der Waals surface area contributed by atoms with Crippen molar-refractivity contribution in [2.24, 2.45) is 0 Å². The van der Waals surface area contributed by atoms with Crippen LogP contribution in [0.4, 0.5) is 8.78 Å². The summed E-state index contributed by atoms with van der Waals surface area (Å²) in [6.45, 7) is 4.97. The lowest BCUT2D eigenvalue weighted by molar-refractivity contribution is -0.122. The first-order valence-electron chi connectivity index (χ1n) is 8.96. The van der Waals surface area contributed by atoms with Crippen molar-refractivity contribution in [1.29, 1.82) is 0 Å². The van der Waals surface area contributed by atoms with Gasteiger partial charge in [0, 0.05) is 26.2 Å². The van der Waals surface area contributed by atoms with Crippen molar-refractivity contribution in [3.63, 3.8) is 0 Å². The Morgan fingerprint density at radius 3 is 2.50 bits per heavy atom. The molecular weight excluding hydrogens is 406 g/mol. The first-order chi connectivity index (χ1) is 13.3. The van der Waals surface area contributed by atoms with Crippen LogP contribution in [0.1, 0.15) is 16.7 Å². The van der Waals surface area contributed by atoms with Crippen LogP contribution >= 0.6 is 24.0 Å². The molecule has 0 saturated carbocycles. The molecule has 9 heteroatoms. The summed E-state index contributed by atoms with van der Waals surface area (Å²) < 4.78 is 35.5. The fourth-order valence-electron chi connectivity index (χ4n) is 3.25. The fourth-order valence-corrected chi connectivity index (χ4v) is 4.56. The maximum absolute atomic E-state index is 12.8. The van der Waals surface area contributed by atoms with Gasteiger partial charge in [0.05, 0.1) is 18.1 Å². The molecule has 152 valence electrons. The van der Waals surface area contributed by atoms with Gasteiger partial charge >= 0.3 is 6.61 Å². The lowest BCUT2D eigenvalue weighted by atomic mass is 10.1. The number of ether oxygens (including phenoxy) is 2. The van der Waals surface area contributed by atoms with Crippen LogP contribution in [0.5, 0.6) is 5.75 Å². The topological polar surface area (TPSA) is 42.0 Å². The smallest absolute Gasteiger partial charge is 0.387 e. The Kier molecular flexibility index (Phi) is 7.03. The lowest BCUT2D eigenvalue weighted by Crippen LogP contribution is -2.42. The second-order valence-corrected chi connectivity index (χ2v) is 8.33. The van der Waals surface area contributed by atoms with Crippen molar-refractivity contribution in [1.82, 2.24) is 9.80 Å². The number of alkyl halides is 2. The zero-order valence-corrected chi connectivity index (χ0v) is 17.4. The molecule has 5 nitrogen and oxygen atoms in total. The highest BCUT2D eigenvalue weighted by atomic mass is 32.2. The van der Waals surface area contributed by atoms with E-state index in [9.17, 15) is 13.6 Å². The van der Waals surface area contributed by atoms with Gasteiger partial charge in [-0.25, -0.2) is 0 Å². The molecule has 0 aromatic heterocycles. The SMILES string of the molecule is Cc1cc(/C=C2\SC(=S)N(CCN3CCOCC3)C2=O)cc(C)c1OC(F)F. The van der Waals surface area contributed by atoms with Gasteiger partial charge in [0.15, 0.2) is 0 Å². The number of carbonyl (C=O) groups is 1. The van der Waals surface area contributed by atoms with Gasteiger partial charge in [-0.3, -0.25) is 14.6 Å². The molecule has 0 radical (unpaired) electrons. The molecule has 2 aliphatic heterocycles. The van der Waals surface area contributed by atoms with Crippen LogP contribution in [0.2, 0.25) is 0 Å². The number of hydrogen-bond donors (Lipinski definition) is 0. The molecule has 2 saturated heterocycles. The Morgan fingerprint density at radius 2 is 1.89 bits per heavy atom. The zero-order valence-electron chi connectivity index (χ0n) is 15.7. The minimum Gasteiger partial charge on any atom is -0.434 e. The van der Waals surface area contributed by atoms with Crippen molar-refractivity contribution in [2.75, 3.05) is 39.4 Å². The highest BCUT2D eigenvalue weighted by molar-refractivity contribution is 8.26. The Labute approximate surface area is 172 Å². The number of morpholine rings is 1. The number of hydrogen-bond acceptors (Lipinski definition) is 6. The molecule has 1 aromatic carbocycles. The average molecular weight is 429 g/mol. The van der Waals surface area contributed by atoms with Crippen LogP contribution in [-0.2, 0) is 9.53 Å². The van der Waals surface area contributed by atoms with Gasteiger partial charge in [0.1, 0.15) is 10.1 Å². The van der Waals surface area contributed by atoms with E-state index in [1.165, 1.54) is 11.8 Å². The molecular formula is C19H22F2N2O3S2. The van der Waals surface area contributed by atoms with Crippen LogP contribution < -0.4 is 4.74 Å². The van der Waals surface area contributed by atoms with Gasteiger partial charge in [-0.05, 0) is 48.7 Å². The maximum Gasteiger partial charge on any atom is 0.387 e. The van der Waals surface area contributed by atoms with E-state index in [1.54, 1.807) is 37.0 Å². The monoisotopic (exact) mass is 428 g/mol. The van der Waals surface area contributed by atoms with Crippen LogP contribution in [-0.4, -0.2) is 66.0 Å². The molecule has 1 amide bonds. The molecule has 0 bridgehead atoms. The van der Waals surface area contributed by atoms with E-state index in [-0.39, 0.29) is 11.7 Å². The van der Waals surface area contributed by atoms with Crippen molar-refractivity contribution in [3.05, 3.63) is 33.7 Å². The minimum atomic E-state index is -2.87. The highest BCUT2D eigenvalue weighted by Gasteiger charge is 2.32. The van der Waals surface area contributed by atoms with E-state index in [4.69, 9.17) is 17.0 Å². The predicted molar refractivity (Wildman–Crippen MR) is 110 cm³/mol. The summed E-state index contributed by atoms with van der Waals surface area (Å²) in [6.07, 6.45) is 1.75. The molecule has 1 aromatic rings. The van der Waals surface area contributed by atoms with Crippen molar-refractivity contribution in [3.8, 4) is 5.75 Å². The molecule has 3 rings (SSSR count). The van der Waals surface area contributed by atoms with Crippen LogP contribution in [0.15, 0.2) is 17.0 Å². The second-order valence-electron chi connectivity index (χ2n) is 6.65. The third-order valence-corrected chi connectivity index (χ3v) is 5.98. The summed E-state index contributed by atoms with van der Waals surface area (Å²) in [7, 11) is 0. The Bertz CT molecular complexity index is 772. The zero-order chi connectivity index (χ0) is 20.3. The quantitative estimate of drug-likeness (QED) is 0.511. The van der Waals surface area contributed by atoms with Crippen molar-refractivity contribution < 1.29 is 23.0 Å². The summed E-state index contributed by atoms with van der Waals surface area (Å²) in [5.74, 6) is 0.0525. The number of thioether (sulfide) groups is 1. The minimum absolute atomic E-state index is 0.119. The summed E-state index contributed by atoms with van der Waals surface area (Å²) in [5, 5.41) is 0. The standard InChI is InChI=1S/C19H22F2N2O3S2/c1-12-9-14(10-13(2)16(12)26-18(20)21)11-15-17(24)23(19(27)28-15)4-3-22-5-7-25-8-6-22/h9-11,18H,3-8H2,1-2H3/b15-11-. The number of nitrogens with zero attached hydrogens (tertiary/aromatic N) is 2. The molecule has 0 unspecified atom stereocenters. The molecule has 2 fully saturated rings. The lowest BCUT2D eigenvalue weighted by Gasteiger charge is -2.28. The number of rotatable bonds is 6. The second kappa shape index (κ2) is 9.30. The van der Waals surface area contributed by atoms with E-state index < -0.39 is 6.61 Å². The largest absolute Gasteiger partial charge is 0.434 e. The number of aryl methyl sites for hydroxylation is 2. The van der Waals surface area contributed by atoms with Gasteiger partial charge in [-0.2, -0.15) is 8.78 Å². The Balaban J connectivity index is 1.70. The molecule has 2 heterocycles. The number of benzene rings is 1. The fraction of sp³-hybridized carbons (Fsp3) is 0.474. The third-order valence-electron chi connectivity index (χ3n) is 4.60. The van der Waals surface area contributed by atoms with Crippen molar-refractivity contribution in [2.45, 2.75) is 20.5 Å². The molecule has 0 N–H and O–H groups in total. The highest BCUT2D eigenvalue weighted by Crippen LogP contribution is 2.34. The Morgan fingerprint density at radius 1 is 1.25 bits per heavy atom. The molecule has 0 spiro atoms. The number of carbonyl (C=O) groups excluding carboxylic acids is 1. The van der Waals surface area contributed by atoms with Gasteiger partial charge in [-0.15, -0.1) is 0 Å². The first-order valence-corrected chi connectivity index (χ1v) is 10.2. The summed E-state index contributed by atoms with van der Waals surface area (Å²) in [6, 6.07) is 3.45. The van der Waals surface area contributed by atoms with Crippen LogP contribution in [0.3, 0.4) is 0 Å². The number of halogens is 2. The number of thiocarbonyl (C=S) groups is 1. The number of amides is 1. The van der Waals surface area contributed by atoms with Gasteiger partial charge in [0.25, 0.3) is 5.91 Å². The van der Waals surface area contributed by atoms with E-state index in [2.05, 4.69) is 9.64 Å². The summed E-state index contributed by atoms with van der Waals surface area (Å²) >= 11 is 6.64. The summed E-state index contributed by atoms with van der Waals surface area (Å²) in [5.41, 5.74) is 1.94. The van der Waals surface area contributed by atoms with E-state index >= 15 is 0 Å². The van der Waals surface area contributed by atoms with E-state index in [0.29, 0.717) is 40.1 Å². The van der Waals surface area contributed by atoms with E-state index in [1.807, 2.05) is 0 Å². The van der Waals surface area contributed by atoms with Crippen LogP contribution in [0, 0.1) is 13.8 Å². The Hall–Kier alpha value is -1.55. The predicted octanol–water partition coefficient (Wildman–Crippen LogP) is 3.44. The first kappa shape index (κ1) is 21.2. The third kappa shape index (κ3) is 5.08. The van der Waals surface area contributed by atoms with Gasteiger partial charge in [0.2, 0.25) is 0 Å². The van der Waals surface area contributed by atoms with E-state index in [0.717, 1.165) is 25.2 Å². The van der Waals surface area contributed by atoms with Crippen molar-refractivity contribution >= 4 is 40.3 Å². The molecule has 2 aliphatic rings.